The minimum Gasteiger partial charge on any atom is -0.371 e. The molecule has 0 aliphatic carbocycles. The van der Waals surface area contributed by atoms with Crippen molar-refractivity contribution in [3.8, 4) is 0 Å². The van der Waals surface area contributed by atoms with Crippen molar-refractivity contribution in [3.05, 3.63) is 0 Å². The molecule has 2 N–H and O–H groups in total. The molecule has 70 valence electrons. The molecular formula is C9H18N2O. The lowest BCUT2D eigenvalue weighted by Gasteiger charge is -2.44. The van der Waals surface area contributed by atoms with Gasteiger partial charge in [0.05, 0.1) is 12.2 Å². The largest absolute Gasteiger partial charge is 0.371 e. The summed E-state index contributed by atoms with van der Waals surface area (Å²) >= 11 is 0. The highest BCUT2D eigenvalue weighted by atomic mass is 16.5. The molecule has 0 aromatic carbocycles. The Bertz CT molecular complexity index is 175. The fraction of sp³-hybridized carbons (Fsp3) is 1.00. The Morgan fingerprint density at radius 1 is 1.25 bits per heavy atom. The van der Waals surface area contributed by atoms with Crippen LogP contribution in [0.4, 0.5) is 0 Å². The van der Waals surface area contributed by atoms with E-state index in [1.165, 1.54) is 0 Å². The van der Waals surface area contributed by atoms with Crippen LogP contribution in [0.2, 0.25) is 0 Å². The van der Waals surface area contributed by atoms with Crippen LogP contribution in [0.15, 0.2) is 0 Å². The normalized spacial score (nSPS) is 32.5. The van der Waals surface area contributed by atoms with Crippen LogP contribution in [0.25, 0.3) is 0 Å². The van der Waals surface area contributed by atoms with Gasteiger partial charge < -0.3 is 15.4 Å². The molecule has 0 unspecified atom stereocenters. The van der Waals surface area contributed by atoms with Gasteiger partial charge in [0.25, 0.3) is 0 Å². The Balaban J connectivity index is 2.06. The molecular weight excluding hydrogens is 152 g/mol. The fourth-order valence-electron chi connectivity index (χ4n) is 2.21. The van der Waals surface area contributed by atoms with Crippen molar-refractivity contribution in [1.82, 2.24) is 10.6 Å². The predicted octanol–water partition coefficient (Wildman–Crippen LogP) is 0.117. The van der Waals surface area contributed by atoms with Gasteiger partial charge in [-0.15, -0.1) is 0 Å². The maximum Gasteiger partial charge on any atom is 0.0947 e. The summed E-state index contributed by atoms with van der Waals surface area (Å²) in [7, 11) is 0. The van der Waals surface area contributed by atoms with Crippen LogP contribution in [0.1, 0.15) is 20.3 Å². The van der Waals surface area contributed by atoms with E-state index in [4.69, 9.17) is 4.74 Å². The van der Waals surface area contributed by atoms with Crippen molar-refractivity contribution < 1.29 is 4.74 Å². The van der Waals surface area contributed by atoms with Crippen molar-refractivity contribution in [2.45, 2.75) is 31.4 Å². The van der Waals surface area contributed by atoms with Gasteiger partial charge in [0.15, 0.2) is 0 Å². The van der Waals surface area contributed by atoms with Crippen molar-refractivity contribution in [3.63, 3.8) is 0 Å². The zero-order valence-electron chi connectivity index (χ0n) is 7.94. The zero-order valence-corrected chi connectivity index (χ0v) is 7.94. The van der Waals surface area contributed by atoms with Gasteiger partial charge in [-0.3, -0.25) is 0 Å². The standard InChI is InChI=1S/C9H18N2O/c1-8(2)5-9(6-10-7-9)12-4-3-11-8/h10-11H,3-7H2,1-2H3. The van der Waals surface area contributed by atoms with Gasteiger partial charge in [-0.1, -0.05) is 0 Å². The van der Waals surface area contributed by atoms with Crippen LogP contribution in [-0.2, 0) is 4.74 Å². The van der Waals surface area contributed by atoms with E-state index in [0.717, 1.165) is 32.7 Å². The first-order chi connectivity index (χ1) is 5.62. The molecule has 2 saturated heterocycles. The zero-order chi connectivity index (χ0) is 8.66. The molecule has 2 fully saturated rings. The van der Waals surface area contributed by atoms with E-state index in [2.05, 4.69) is 24.5 Å². The van der Waals surface area contributed by atoms with Crippen LogP contribution in [0, 0.1) is 0 Å². The molecule has 0 aromatic heterocycles. The van der Waals surface area contributed by atoms with Crippen molar-refractivity contribution in [2.75, 3.05) is 26.2 Å². The van der Waals surface area contributed by atoms with Crippen LogP contribution in [0.5, 0.6) is 0 Å². The smallest absolute Gasteiger partial charge is 0.0947 e. The highest BCUT2D eigenvalue weighted by Gasteiger charge is 2.43. The Morgan fingerprint density at radius 3 is 2.58 bits per heavy atom. The molecule has 2 aliphatic rings. The van der Waals surface area contributed by atoms with Gasteiger partial charge in [-0.2, -0.15) is 0 Å². The third-order valence-electron chi connectivity index (χ3n) is 2.77. The summed E-state index contributed by atoms with van der Waals surface area (Å²) in [4.78, 5) is 0. The molecule has 12 heavy (non-hydrogen) atoms. The van der Waals surface area contributed by atoms with Crippen molar-refractivity contribution in [2.24, 2.45) is 0 Å². The van der Waals surface area contributed by atoms with Gasteiger partial charge >= 0.3 is 0 Å². The molecule has 0 atom stereocenters. The Morgan fingerprint density at radius 2 is 2.00 bits per heavy atom. The SMILES string of the molecule is CC1(C)CC2(CNC2)OCCN1. The first-order valence-corrected chi connectivity index (χ1v) is 4.72. The molecule has 3 heteroatoms. The number of nitrogens with one attached hydrogen (secondary N) is 2. The van der Waals surface area contributed by atoms with E-state index in [1.54, 1.807) is 0 Å². The van der Waals surface area contributed by atoms with Gasteiger partial charge in [-0.05, 0) is 20.3 Å². The topological polar surface area (TPSA) is 33.3 Å². The fourth-order valence-corrected chi connectivity index (χ4v) is 2.21. The third-order valence-corrected chi connectivity index (χ3v) is 2.77. The van der Waals surface area contributed by atoms with Crippen molar-refractivity contribution >= 4 is 0 Å². The maximum absolute atomic E-state index is 5.84. The summed E-state index contributed by atoms with van der Waals surface area (Å²) in [5.74, 6) is 0. The van der Waals surface area contributed by atoms with Crippen LogP contribution in [0.3, 0.4) is 0 Å². The van der Waals surface area contributed by atoms with Crippen LogP contribution < -0.4 is 10.6 Å². The third kappa shape index (κ3) is 1.49. The maximum atomic E-state index is 5.84. The van der Waals surface area contributed by atoms with E-state index in [0.29, 0.717) is 0 Å². The van der Waals surface area contributed by atoms with Crippen molar-refractivity contribution in [1.29, 1.82) is 0 Å². The summed E-state index contributed by atoms with van der Waals surface area (Å²) in [5, 5.41) is 6.78. The molecule has 0 radical (unpaired) electrons. The lowest BCUT2D eigenvalue weighted by Crippen LogP contribution is -2.63. The van der Waals surface area contributed by atoms with Gasteiger partial charge in [0, 0.05) is 25.2 Å². The number of ether oxygens (including phenoxy) is 1. The quantitative estimate of drug-likeness (QED) is 0.541. The molecule has 2 aliphatic heterocycles. The van der Waals surface area contributed by atoms with Gasteiger partial charge in [-0.25, -0.2) is 0 Å². The Hall–Kier alpha value is -0.120. The second kappa shape index (κ2) is 2.69. The average Bonchev–Trinajstić information content (AvgIpc) is 2.06. The van der Waals surface area contributed by atoms with E-state index in [9.17, 15) is 0 Å². The van der Waals surface area contributed by atoms with E-state index in [-0.39, 0.29) is 11.1 Å². The molecule has 0 bridgehead atoms. The van der Waals surface area contributed by atoms with Gasteiger partial charge in [0.2, 0.25) is 0 Å². The number of hydrogen-bond donors (Lipinski definition) is 2. The Kier molecular flexibility index (Phi) is 1.90. The highest BCUT2D eigenvalue weighted by molar-refractivity contribution is 5.02. The molecule has 0 aromatic rings. The molecule has 0 saturated carbocycles. The molecule has 1 spiro atoms. The Labute approximate surface area is 73.9 Å². The second-order valence-electron chi connectivity index (χ2n) is 4.62. The number of rotatable bonds is 0. The molecule has 3 nitrogen and oxygen atoms in total. The first kappa shape index (κ1) is 8.48. The summed E-state index contributed by atoms with van der Waals surface area (Å²) < 4.78 is 5.84. The van der Waals surface area contributed by atoms with E-state index >= 15 is 0 Å². The summed E-state index contributed by atoms with van der Waals surface area (Å²) in [6.45, 7) is 8.39. The molecule has 0 amide bonds. The monoisotopic (exact) mass is 170 g/mol. The summed E-state index contributed by atoms with van der Waals surface area (Å²) in [5.41, 5.74) is 0.381. The summed E-state index contributed by atoms with van der Waals surface area (Å²) in [6, 6.07) is 0. The average molecular weight is 170 g/mol. The highest BCUT2D eigenvalue weighted by Crippen LogP contribution is 2.29. The minimum absolute atomic E-state index is 0.146. The molecule has 2 heterocycles. The van der Waals surface area contributed by atoms with E-state index < -0.39 is 0 Å². The minimum atomic E-state index is 0.146. The summed E-state index contributed by atoms with van der Waals surface area (Å²) in [6.07, 6.45) is 1.12. The van der Waals surface area contributed by atoms with Crippen LogP contribution >= 0.6 is 0 Å². The lowest BCUT2D eigenvalue weighted by molar-refractivity contribution is -0.0811. The van der Waals surface area contributed by atoms with E-state index in [1.807, 2.05) is 0 Å². The number of hydrogen-bond acceptors (Lipinski definition) is 3. The lowest BCUT2D eigenvalue weighted by atomic mass is 9.83. The first-order valence-electron chi connectivity index (χ1n) is 4.72. The van der Waals surface area contributed by atoms with Gasteiger partial charge in [0.1, 0.15) is 0 Å². The predicted molar refractivity (Wildman–Crippen MR) is 48.3 cm³/mol. The van der Waals surface area contributed by atoms with Crippen LogP contribution in [-0.4, -0.2) is 37.4 Å². The molecule has 2 rings (SSSR count). The second-order valence-corrected chi connectivity index (χ2v) is 4.62.